The zero-order valence-corrected chi connectivity index (χ0v) is 12.8. The maximum atomic E-state index is 13.6. The number of benzene rings is 2. The van der Waals surface area contributed by atoms with Crippen molar-refractivity contribution in [2.24, 2.45) is 0 Å². The third-order valence-corrected chi connectivity index (χ3v) is 4.54. The van der Waals surface area contributed by atoms with Crippen LogP contribution in [0.15, 0.2) is 42.5 Å². The van der Waals surface area contributed by atoms with E-state index < -0.39 is 6.10 Å². The molecule has 1 aliphatic heterocycles. The summed E-state index contributed by atoms with van der Waals surface area (Å²) in [7, 11) is 0. The van der Waals surface area contributed by atoms with Crippen molar-refractivity contribution in [1.82, 2.24) is 0 Å². The molecule has 116 valence electrons. The zero-order chi connectivity index (χ0) is 15.4. The molecule has 0 bridgehead atoms. The standard InChI is InChI=1S/C17H17FO3S/c18-15-6-13-8-20-11-21-17(13)14(7-15)9-22-10-16(19)12-4-2-1-3-5-12/h1-7,16,19H,8-11H2. The van der Waals surface area contributed by atoms with Gasteiger partial charge in [-0.3, -0.25) is 0 Å². The third-order valence-electron chi connectivity index (χ3n) is 3.47. The number of hydrogen-bond donors (Lipinski definition) is 1. The van der Waals surface area contributed by atoms with Crippen LogP contribution in [0.5, 0.6) is 5.75 Å². The van der Waals surface area contributed by atoms with Crippen molar-refractivity contribution < 1.29 is 19.0 Å². The summed E-state index contributed by atoms with van der Waals surface area (Å²) in [6, 6.07) is 12.5. The molecule has 3 rings (SSSR count). The molecule has 1 atom stereocenters. The second-order valence-electron chi connectivity index (χ2n) is 5.11. The molecule has 5 heteroatoms. The molecule has 1 aliphatic rings. The summed E-state index contributed by atoms with van der Waals surface area (Å²) in [5, 5.41) is 10.1. The van der Waals surface area contributed by atoms with E-state index in [-0.39, 0.29) is 12.6 Å². The highest BCUT2D eigenvalue weighted by Gasteiger charge is 2.17. The average Bonchev–Trinajstić information content (AvgIpc) is 2.55. The van der Waals surface area contributed by atoms with Gasteiger partial charge in [-0.2, -0.15) is 11.8 Å². The first kappa shape index (κ1) is 15.3. The average molecular weight is 320 g/mol. The van der Waals surface area contributed by atoms with Gasteiger partial charge in [0.05, 0.1) is 12.7 Å². The molecule has 2 aromatic rings. The first-order valence-corrected chi connectivity index (χ1v) is 8.22. The van der Waals surface area contributed by atoms with Gasteiger partial charge in [-0.05, 0) is 17.7 Å². The molecule has 0 aliphatic carbocycles. The second-order valence-corrected chi connectivity index (χ2v) is 6.14. The zero-order valence-electron chi connectivity index (χ0n) is 12.0. The van der Waals surface area contributed by atoms with Crippen molar-refractivity contribution >= 4 is 11.8 Å². The number of aliphatic hydroxyl groups is 1. The van der Waals surface area contributed by atoms with Gasteiger partial charge in [-0.15, -0.1) is 0 Å². The normalized spacial score (nSPS) is 15.0. The maximum Gasteiger partial charge on any atom is 0.189 e. The Labute approximate surface area is 133 Å². The van der Waals surface area contributed by atoms with Gasteiger partial charge in [0.2, 0.25) is 0 Å². The van der Waals surface area contributed by atoms with Gasteiger partial charge in [0, 0.05) is 22.6 Å². The van der Waals surface area contributed by atoms with Crippen LogP contribution in [-0.4, -0.2) is 17.7 Å². The molecule has 2 aromatic carbocycles. The quantitative estimate of drug-likeness (QED) is 0.912. The van der Waals surface area contributed by atoms with Crippen LogP contribution in [-0.2, 0) is 17.1 Å². The summed E-state index contributed by atoms with van der Waals surface area (Å²) in [5.74, 6) is 1.57. The lowest BCUT2D eigenvalue weighted by Crippen LogP contribution is -2.13. The molecule has 1 unspecified atom stereocenters. The van der Waals surface area contributed by atoms with Crippen LogP contribution in [0, 0.1) is 5.82 Å². The lowest BCUT2D eigenvalue weighted by molar-refractivity contribution is -0.0171. The lowest BCUT2D eigenvalue weighted by atomic mass is 10.1. The summed E-state index contributed by atoms with van der Waals surface area (Å²) in [6.07, 6.45) is -0.528. The summed E-state index contributed by atoms with van der Waals surface area (Å²) in [4.78, 5) is 0. The predicted molar refractivity (Wildman–Crippen MR) is 84.2 cm³/mol. The highest BCUT2D eigenvalue weighted by atomic mass is 32.2. The van der Waals surface area contributed by atoms with Crippen molar-refractivity contribution in [3.8, 4) is 5.75 Å². The predicted octanol–water partition coefficient (Wildman–Crippen LogP) is 3.66. The van der Waals surface area contributed by atoms with Gasteiger partial charge < -0.3 is 14.6 Å². The Balaban J connectivity index is 1.63. The highest BCUT2D eigenvalue weighted by molar-refractivity contribution is 7.98. The van der Waals surface area contributed by atoms with Crippen LogP contribution < -0.4 is 4.74 Å². The van der Waals surface area contributed by atoms with E-state index in [1.54, 1.807) is 11.8 Å². The number of ether oxygens (including phenoxy) is 2. The van der Waals surface area contributed by atoms with Crippen LogP contribution in [0.2, 0.25) is 0 Å². The lowest BCUT2D eigenvalue weighted by Gasteiger charge is -2.21. The van der Waals surface area contributed by atoms with E-state index in [0.717, 1.165) is 16.7 Å². The second kappa shape index (κ2) is 7.13. The SMILES string of the molecule is OC(CSCc1cc(F)cc2c1OCOC2)c1ccccc1. The molecule has 0 aromatic heterocycles. The highest BCUT2D eigenvalue weighted by Crippen LogP contribution is 2.32. The molecule has 0 saturated carbocycles. The summed E-state index contributed by atoms with van der Waals surface area (Å²) >= 11 is 1.55. The number of halogens is 1. The van der Waals surface area contributed by atoms with Crippen molar-refractivity contribution in [3.63, 3.8) is 0 Å². The Hall–Kier alpha value is -1.56. The Bertz CT molecular complexity index is 633. The van der Waals surface area contributed by atoms with Crippen molar-refractivity contribution in [2.75, 3.05) is 12.5 Å². The molecule has 0 fully saturated rings. The van der Waals surface area contributed by atoms with E-state index >= 15 is 0 Å². The van der Waals surface area contributed by atoms with Gasteiger partial charge in [-0.25, -0.2) is 4.39 Å². The molecule has 0 amide bonds. The first-order chi connectivity index (χ1) is 10.7. The fourth-order valence-corrected chi connectivity index (χ4v) is 3.38. The summed E-state index contributed by atoms with van der Waals surface area (Å²) in [5.41, 5.74) is 2.44. The Morgan fingerprint density at radius 3 is 2.86 bits per heavy atom. The number of rotatable bonds is 5. The molecular weight excluding hydrogens is 303 g/mol. The molecular formula is C17H17FO3S. The monoisotopic (exact) mass is 320 g/mol. The maximum absolute atomic E-state index is 13.6. The van der Waals surface area contributed by atoms with Crippen LogP contribution >= 0.6 is 11.8 Å². The Kier molecular flexibility index (Phi) is 4.97. The van der Waals surface area contributed by atoms with Crippen molar-refractivity contribution in [1.29, 1.82) is 0 Å². The minimum atomic E-state index is -0.528. The molecule has 0 radical (unpaired) electrons. The Morgan fingerprint density at radius 1 is 1.23 bits per heavy atom. The number of thioether (sulfide) groups is 1. The summed E-state index contributed by atoms with van der Waals surface area (Å²) < 4.78 is 24.3. The number of aliphatic hydroxyl groups excluding tert-OH is 1. The molecule has 0 spiro atoms. The van der Waals surface area contributed by atoms with E-state index in [1.807, 2.05) is 30.3 Å². The summed E-state index contributed by atoms with van der Waals surface area (Å²) in [6.45, 7) is 0.570. The van der Waals surface area contributed by atoms with Crippen molar-refractivity contribution in [2.45, 2.75) is 18.5 Å². The van der Waals surface area contributed by atoms with Gasteiger partial charge >= 0.3 is 0 Å². The minimum Gasteiger partial charge on any atom is -0.467 e. The van der Waals surface area contributed by atoms with Gasteiger partial charge in [0.15, 0.2) is 6.79 Å². The van der Waals surface area contributed by atoms with E-state index in [9.17, 15) is 9.50 Å². The molecule has 0 saturated heterocycles. The first-order valence-electron chi connectivity index (χ1n) is 7.06. The van der Waals surface area contributed by atoms with E-state index in [1.165, 1.54) is 12.1 Å². The Morgan fingerprint density at radius 2 is 2.05 bits per heavy atom. The number of hydrogen-bond acceptors (Lipinski definition) is 4. The van der Waals surface area contributed by atoms with Gasteiger partial charge in [-0.1, -0.05) is 30.3 Å². The smallest absolute Gasteiger partial charge is 0.189 e. The van der Waals surface area contributed by atoms with E-state index in [0.29, 0.717) is 23.9 Å². The third kappa shape index (κ3) is 3.61. The van der Waals surface area contributed by atoms with Crippen LogP contribution in [0.1, 0.15) is 22.8 Å². The molecule has 22 heavy (non-hydrogen) atoms. The van der Waals surface area contributed by atoms with Crippen molar-refractivity contribution in [3.05, 3.63) is 65.0 Å². The van der Waals surface area contributed by atoms with E-state index in [4.69, 9.17) is 9.47 Å². The minimum absolute atomic E-state index is 0.197. The van der Waals surface area contributed by atoms with E-state index in [2.05, 4.69) is 0 Å². The molecule has 3 nitrogen and oxygen atoms in total. The largest absolute Gasteiger partial charge is 0.467 e. The van der Waals surface area contributed by atoms with Crippen LogP contribution in [0.25, 0.3) is 0 Å². The number of fused-ring (bicyclic) bond motifs is 1. The van der Waals surface area contributed by atoms with Crippen LogP contribution in [0.3, 0.4) is 0 Å². The van der Waals surface area contributed by atoms with Crippen LogP contribution in [0.4, 0.5) is 4.39 Å². The fraction of sp³-hybridized carbons (Fsp3) is 0.294. The molecule has 1 heterocycles. The van der Waals surface area contributed by atoms with Gasteiger partial charge in [0.25, 0.3) is 0 Å². The van der Waals surface area contributed by atoms with Gasteiger partial charge in [0.1, 0.15) is 11.6 Å². The topological polar surface area (TPSA) is 38.7 Å². The molecule has 1 N–H and O–H groups in total. The fourth-order valence-electron chi connectivity index (χ4n) is 2.42.